The van der Waals surface area contributed by atoms with Gasteiger partial charge in [-0.2, -0.15) is 11.8 Å². The lowest BCUT2D eigenvalue weighted by molar-refractivity contribution is -0.144. The number of amides is 1. The smallest absolute Gasteiger partial charge is 0.329 e. The van der Waals surface area contributed by atoms with Gasteiger partial charge in [0.05, 0.1) is 7.11 Å². The molecular formula is C7H11NO3S. The van der Waals surface area contributed by atoms with Crippen molar-refractivity contribution in [3.05, 3.63) is 0 Å². The van der Waals surface area contributed by atoms with Gasteiger partial charge in [0.15, 0.2) is 0 Å². The minimum atomic E-state index is -0.463. The molecule has 5 heteroatoms. The molecule has 12 heavy (non-hydrogen) atoms. The largest absolute Gasteiger partial charge is 0.467 e. The van der Waals surface area contributed by atoms with E-state index in [2.05, 4.69) is 10.1 Å². The fraction of sp³-hybridized carbons (Fsp3) is 0.714. The van der Waals surface area contributed by atoms with Crippen LogP contribution >= 0.6 is 11.8 Å². The van der Waals surface area contributed by atoms with Crippen LogP contribution in [0.2, 0.25) is 0 Å². The summed E-state index contributed by atoms with van der Waals surface area (Å²) >= 11 is 1.59. The molecular weight excluding hydrogens is 178 g/mol. The summed E-state index contributed by atoms with van der Waals surface area (Å²) in [5.74, 6) is 0.950. The molecule has 0 aliphatic carbocycles. The van der Waals surface area contributed by atoms with Gasteiger partial charge < -0.3 is 10.1 Å². The van der Waals surface area contributed by atoms with Crippen LogP contribution in [0, 0.1) is 0 Å². The maximum absolute atomic E-state index is 11.0. The minimum Gasteiger partial charge on any atom is -0.467 e. The van der Waals surface area contributed by atoms with Gasteiger partial charge in [0.25, 0.3) is 0 Å². The summed E-state index contributed by atoms with van der Waals surface area (Å²) in [6.45, 7) is 0. The first kappa shape index (κ1) is 9.38. The normalized spacial score (nSPS) is 24.1. The van der Waals surface area contributed by atoms with Crippen molar-refractivity contribution in [2.24, 2.45) is 0 Å². The quantitative estimate of drug-likeness (QED) is 0.579. The topological polar surface area (TPSA) is 55.4 Å². The zero-order chi connectivity index (χ0) is 8.97. The molecule has 4 nitrogen and oxygen atoms in total. The molecule has 1 amide bonds. The van der Waals surface area contributed by atoms with Crippen molar-refractivity contribution < 1.29 is 14.3 Å². The number of ether oxygens (including phenoxy) is 1. The molecule has 0 aromatic rings. The standard InChI is InChI=1S/C7H11NO3S/c1-11-7(10)5-4-12-3-2-6(9)8-5/h5H,2-4H2,1H3,(H,8,9). The number of carbonyl (C=O) groups is 2. The third-order valence-corrected chi connectivity index (χ3v) is 2.64. The molecule has 1 atom stereocenters. The number of thioether (sulfide) groups is 1. The molecule has 0 aromatic heterocycles. The molecule has 0 radical (unpaired) electrons. The highest BCUT2D eigenvalue weighted by Gasteiger charge is 2.23. The molecule has 0 spiro atoms. The van der Waals surface area contributed by atoms with Crippen LogP contribution in [-0.4, -0.2) is 36.5 Å². The van der Waals surface area contributed by atoms with Gasteiger partial charge in [0.2, 0.25) is 5.91 Å². The molecule has 1 saturated heterocycles. The van der Waals surface area contributed by atoms with Crippen molar-refractivity contribution in [2.75, 3.05) is 18.6 Å². The highest BCUT2D eigenvalue weighted by atomic mass is 32.2. The highest BCUT2D eigenvalue weighted by molar-refractivity contribution is 7.99. The van der Waals surface area contributed by atoms with Crippen LogP contribution in [-0.2, 0) is 14.3 Å². The van der Waals surface area contributed by atoms with E-state index in [9.17, 15) is 9.59 Å². The first-order valence-corrected chi connectivity index (χ1v) is 4.84. The number of hydrogen-bond acceptors (Lipinski definition) is 4. The van der Waals surface area contributed by atoms with E-state index in [4.69, 9.17) is 0 Å². The van der Waals surface area contributed by atoms with Gasteiger partial charge in [-0.3, -0.25) is 4.79 Å². The summed E-state index contributed by atoms with van der Waals surface area (Å²) in [4.78, 5) is 22.0. The van der Waals surface area contributed by atoms with Crippen LogP contribution in [0.15, 0.2) is 0 Å². The number of esters is 1. The Labute approximate surface area is 75.0 Å². The number of hydrogen-bond donors (Lipinski definition) is 1. The maximum Gasteiger partial charge on any atom is 0.329 e. The average molecular weight is 189 g/mol. The van der Waals surface area contributed by atoms with Gasteiger partial charge in [0, 0.05) is 17.9 Å². The number of nitrogens with one attached hydrogen (secondary N) is 1. The van der Waals surface area contributed by atoms with Gasteiger partial charge in [-0.05, 0) is 0 Å². The lowest BCUT2D eigenvalue weighted by Crippen LogP contribution is -2.41. The highest BCUT2D eigenvalue weighted by Crippen LogP contribution is 2.10. The van der Waals surface area contributed by atoms with E-state index in [1.54, 1.807) is 11.8 Å². The van der Waals surface area contributed by atoms with E-state index >= 15 is 0 Å². The summed E-state index contributed by atoms with van der Waals surface area (Å²) < 4.78 is 4.53. The Balaban J connectivity index is 2.51. The first-order chi connectivity index (χ1) is 5.74. The number of carbonyl (C=O) groups excluding carboxylic acids is 2. The molecule has 1 aliphatic heterocycles. The van der Waals surface area contributed by atoms with E-state index in [0.717, 1.165) is 5.75 Å². The SMILES string of the molecule is COC(=O)C1CSCCC(=O)N1. The van der Waals surface area contributed by atoms with E-state index in [1.807, 2.05) is 0 Å². The van der Waals surface area contributed by atoms with Gasteiger partial charge in [-0.15, -0.1) is 0 Å². The Hall–Kier alpha value is -0.710. The molecule has 0 saturated carbocycles. The Morgan fingerprint density at radius 2 is 2.50 bits per heavy atom. The van der Waals surface area contributed by atoms with Crippen LogP contribution in [0.25, 0.3) is 0 Å². The number of rotatable bonds is 1. The Kier molecular flexibility index (Phi) is 3.40. The predicted octanol–water partition coefficient (Wildman–Crippen LogP) is -0.219. The van der Waals surface area contributed by atoms with E-state index in [0.29, 0.717) is 12.2 Å². The fourth-order valence-electron chi connectivity index (χ4n) is 0.943. The molecule has 1 fully saturated rings. The lowest BCUT2D eigenvalue weighted by Gasteiger charge is -2.11. The zero-order valence-corrected chi connectivity index (χ0v) is 7.65. The van der Waals surface area contributed by atoms with E-state index in [-0.39, 0.29) is 11.9 Å². The zero-order valence-electron chi connectivity index (χ0n) is 6.83. The molecule has 1 aliphatic rings. The summed E-state index contributed by atoms with van der Waals surface area (Å²) in [5, 5.41) is 2.60. The fourth-order valence-corrected chi connectivity index (χ4v) is 1.89. The van der Waals surface area contributed by atoms with E-state index in [1.165, 1.54) is 7.11 Å². The molecule has 1 unspecified atom stereocenters. The second kappa shape index (κ2) is 4.35. The Morgan fingerprint density at radius 1 is 1.75 bits per heavy atom. The van der Waals surface area contributed by atoms with Gasteiger partial charge in [0.1, 0.15) is 6.04 Å². The van der Waals surface area contributed by atoms with Crippen molar-refractivity contribution in [1.29, 1.82) is 0 Å². The van der Waals surface area contributed by atoms with Gasteiger partial charge >= 0.3 is 5.97 Å². The molecule has 1 heterocycles. The van der Waals surface area contributed by atoms with Crippen molar-refractivity contribution in [1.82, 2.24) is 5.32 Å². The summed E-state index contributed by atoms with van der Waals surface area (Å²) in [6.07, 6.45) is 0.484. The van der Waals surface area contributed by atoms with Crippen molar-refractivity contribution >= 4 is 23.6 Å². The van der Waals surface area contributed by atoms with Crippen LogP contribution in [0.4, 0.5) is 0 Å². The monoisotopic (exact) mass is 189 g/mol. The van der Waals surface area contributed by atoms with Crippen molar-refractivity contribution in [3.63, 3.8) is 0 Å². The van der Waals surface area contributed by atoms with Crippen LogP contribution in [0.1, 0.15) is 6.42 Å². The third-order valence-electron chi connectivity index (χ3n) is 1.58. The third kappa shape index (κ3) is 2.41. The van der Waals surface area contributed by atoms with Crippen molar-refractivity contribution in [3.8, 4) is 0 Å². The second-order valence-electron chi connectivity index (χ2n) is 2.47. The van der Waals surface area contributed by atoms with Crippen LogP contribution in [0.3, 0.4) is 0 Å². The van der Waals surface area contributed by atoms with E-state index < -0.39 is 6.04 Å². The molecule has 0 bridgehead atoms. The van der Waals surface area contributed by atoms with Crippen LogP contribution in [0.5, 0.6) is 0 Å². The molecule has 68 valence electrons. The minimum absolute atomic E-state index is 0.0737. The summed E-state index contributed by atoms with van der Waals surface area (Å²) in [6, 6.07) is -0.463. The maximum atomic E-state index is 11.0. The van der Waals surface area contributed by atoms with Gasteiger partial charge in [-0.1, -0.05) is 0 Å². The summed E-state index contributed by atoms with van der Waals surface area (Å²) in [5.41, 5.74) is 0. The molecule has 0 aromatic carbocycles. The number of methoxy groups -OCH3 is 1. The molecule has 1 N–H and O–H groups in total. The van der Waals surface area contributed by atoms with Crippen molar-refractivity contribution in [2.45, 2.75) is 12.5 Å². The lowest BCUT2D eigenvalue weighted by atomic mass is 10.3. The predicted molar refractivity (Wildman–Crippen MR) is 45.9 cm³/mol. The Bertz CT molecular complexity index is 195. The van der Waals surface area contributed by atoms with Gasteiger partial charge in [-0.25, -0.2) is 4.79 Å². The molecule has 1 rings (SSSR count). The van der Waals surface area contributed by atoms with Crippen LogP contribution < -0.4 is 5.32 Å². The second-order valence-corrected chi connectivity index (χ2v) is 3.62. The summed E-state index contributed by atoms with van der Waals surface area (Å²) in [7, 11) is 1.32. The average Bonchev–Trinajstić information content (AvgIpc) is 2.28. The first-order valence-electron chi connectivity index (χ1n) is 3.69. The Morgan fingerprint density at radius 3 is 3.17 bits per heavy atom.